The van der Waals surface area contributed by atoms with Gasteiger partial charge in [0.1, 0.15) is 12.7 Å². The highest BCUT2D eigenvalue weighted by Gasteiger charge is 2.29. The molecule has 0 rings (SSSR count). The lowest BCUT2D eigenvalue weighted by molar-refractivity contribution is -0.146. The zero-order valence-electron chi connectivity index (χ0n) is 9.56. The van der Waals surface area contributed by atoms with Crippen LogP contribution in [-0.4, -0.2) is 58.9 Å². The average Bonchev–Trinajstić information content (AvgIpc) is 2.35. The van der Waals surface area contributed by atoms with Crippen LogP contribution in [0.1, 0.15) is 19.3 Å². The van der Waals surface area contributed by atoms with Crippen molar-refractivity contribution < 1.29 is 24.9 Å². The van der Waals surface area contributed by atoms with E-state index >= 15 is 0 Å². The van der Waals surface area contributed by atoms with Gasteiger partial charge >= 0.3 is 0 Å². The fourth-order valence-electron chi connectivity index (χ4n) is 1.16. The van der Waals surface area contributed by atoms with Crippen molar-refractivity contribution in [3.63, 3.8) is 0 Å². The summed E-state index contributed by atoms with van der Waals surface area (Å²) in [6, 6.07) is 0. The van der Waals surface area contributed by atoms with E-state index < -0.39 is 30.5 Å². The van der Waals surface area contributed by atoms with Crippen LogP contribution in [0.5, 0.6) is 0 Å². The van der Waals surface area contributed by atoms with Crippen molar-refractivity contribution in [2.75, 3.05) is 19.7 Å². The van der Waals surface area contributed by atoms with E-state index in [1.54, 1.807) is 0 Å². The number of aliphatic hydroxyl groups is 3. The van der Waals surface area contributed by atoms with E-state index in [1.807, 2.05) is 0 Å². The van der Waals surface area contributed by atoms with Gasteiger partial charge in [0, 0.05) is 13.1 Å². The summed E-state index contributed by atoms with van der Waals surface area (Å²) in [5, 5.41) is 29.2. The molecule has 2 atom stereocenters. The smallest absolute Gasteiger partial charge is 0.252 e. The molecule has 0 aromatic heterocycles. The maximum Gasteiger partial charge on any atom is 0.252 e. The van der Waals surface area contributed by atoms with E-state index in [1.165, 1.54) is 0 Å². The number of carbonyl (C=O) groups is 2. The number of hydrogen-bond donors (Lipinski definition) is 4. The second-order valence-corrected chi connectivity index (χ2v) is 3.62. The third-order valence-electron chi connectivity index (χ3n) is 2.21. The zero-order valence-corrected chi connectivity index (χ0v) is 9.56. The molecule has 1 radical (unpaired) electrons. The van der Waals surface area contributed by atoms with Gasteiger partial charge in [-0.1, -0.05) is 6.42 Å². The number of Topliss-reactive ketones (excluding diaryl/α,β-unsaturated/α-hetero) is 1. The molecular weight excluding hydrogens is 228 g/mol. The monoisotopic (exact) mass is 247 g/mol. The SMILES string of the molecule is [NH]CCCCCNC(=O)C(O)C(O)C(=O)CO. The molecule has 7 heteroatoms. The zero-order chi connectivity index (χ0) is 13.3. The van der Waals surface area contributed by atoms with Gasteiger partial charge in [0.15, 0.2) is 11.9 Å². The van der Waals surface area contributed by atoms with Crippen molar-refractivity contribution in [2.45, 2.75) is 31.5 Å². The molecule has 7 nitrogen and oxygen atoms in total. The second kappa shape index (κ2) is 9.06. The Labute approximate surface area is 99.6 Å². The molecule has 5 N–H and O–H groups in total. The molecule has 0 aliphatic carbocycles. The van der Waals surface area contributed by atoms with Crippen molar-refractivity contribution in [3.05, 3.63) is 0 Å². The van der Waals surface area contributed by atoms with E-state index in [4.69, 9.17) is 15.9 Å². The fraction of sp³-hybridized carbons (Fsp3) is 0.800. The fourth-order valence-corrected chi connectivity index (χ4v) is 1.16. The summed E-state index contributed by atoms with van der Waals surface area (Å²) in [5.74, 6) is -1.84. The number of nitrogens with one attached hydrogen (secondary N) is 2. The van der Waals surface area contributed by atoms with E-state index in [0.717, 1.165) is 12.8 Å². The van der Waals surface area contributed by atoms with Crippen LogP contribution < -0.4 is 11.1 Å². The van der Waals surface area contributed by atoms with Gasteiger partial charge in [0.05, 0.1) is 0 Å². The van der Waals surface area contributed by atoms with Crippen molar-refractivity contribution in [1.82, 2.24) is 11.1 Å². The number of amides is 1. The van der Waals surface area contributed by atoms with Gasteiger partial charge in [-0.25, -0.2) is 0 Å². The van der Waals surface area contributed by atoms with E-state index in [9.17, 15) is 14.7 Å². The van der Waals surface area contributed by atoms with Gasteiger partial charge in [0.25, 0.3) is 5.91 Å². The summed E-state index contributed by atoms with van der Waals surface area (Å²) < 4.78 is 0. The first-order valence-electron chi connectivity index (χ1n) is 5.46. The lowest BCUT2D eigenvalue weighted by Crippen LogP contribution is -2.46. The molecule has 1 amide bonds. The highest BCUT2D eigenvalue weighted by Crippen LogP contribution is 1.97. The van der Waals surface area contributed by atoms with Gasteiger partial charge in [-0.2, -0.15) is 0 Å². The molecule has 99 valence electrons. The van der Waals surface area contributed by atoms with Crippen LogP contribution in [-0.2, 0) is 9.59 Å². The molecule has 0 bridgehead atoms. The molecule has 17 heavy (non-hydrogen) atoms. The van der Waals surface area contributed by atoms with E-state index in [0.29, 0.717) is 19.5 Å². The molecule has 0 aromatic rings. The topological polar surface area (TPSA) is 131 Å². The largest absolute Gasteiger partial charge is 0.388 e. The lowest BCUT2D eigenvalue weighted by atomic mass is 10.1. The summed E-state index contributed by atoms with van der Waals surface area (Å²) in [5.41, 5.74) is 6.89. The Kier molecular flexibility index (Phi) is 8.51. The average molecular weight is 247 g/mol. The van der Waals surface area contributed by atoms with E-state index in [-0.39, 0.29) is 0 Å². The van der Waals surface area contributed by atoms with Crippen LogP contribution in [0.4, 0.5) is 0 Å². The number of aliphatic hydroxyl groups excluding tert-OH is 3. The minimum atomic E-state index is -1.90. The van der Waals surface area contributed by atoms with Gasteiger partial charge in [0.2, 0.25) is 0 Å². The normalized spacial score (nSPS) is 14.1. The van der Waals surface area contributed by atoms with Crippen LogP contribution in [0.3, 0.4) is 0 Å². The first-order valence-corrected chi connectivity index (χ1v) is 5.46. The molecule has 0 saturated heterocycles. The Bertz CT molecular complexity index is 247. The maximum atomic E-state index is 11.2. The third-order valence-corrected chi connectivity index (χ3v) is 2.21. The molecule has 0 heterocycles. The summed E-state index contributed by atoms with van der Waals surface area (Å²) in [4.78, 5) is 22.1. The predicted octanol–water partition coefficient (Wildman–Crippen LogP) is -2.16. The van der Waals surface area contributed by atoms with E-state index in [2.05, 4.69) is 5.32 Å². The van der Waals surface area contributed by atoms with Gasteiger partial charge in [-0.05, 0) is 12.8 Å². The minimum absolute atomic E-state index is 0.315. The Morgan fingerprint density at radius 3 is 2.29 bits per heavy atom. The van der Waals surface area contributed by atoms with Crippen LogP contribution in [0.25, 0.3) is 0 Å². The quantitative estimate of drug-likeness (QED) is 0.345. The molecule has 0 aliphatic heterocycles. The van der Waals surface area contributed by atoms with Crippen LogP contribution in [0.2, 0.25) is 0 Å². The molecule has 0 aromatic carbocycles. The lowest BCUT2D eigenvalue weighted by Gasteiger charge is -2.15. The molecule has 2 unspecified atom stereocenters. The minimum Gasteiger partial charge on any atom is -0.388 e. The molecular formula is C10H19N2O5. The first-order chi connectivity index (χ1) is 8.04. The first kappa shape index (κ1) is 16.0. The molecule has 0 spiro atoms. The Morgan fingerprint density at radius 2 is 1.76 bits per heavy atom. The standard InChI is InChI=1S/C10H19N2O5/c11-4-2-1-3-5-12-10(17)9(16)8(15)7(14)6-13/h8-9,11,13,15-16H,1-6H2,(H,12,17). The Balaban J connectivity index is 3.85. The summed E-state index contributed by atoms with van der Waals surface area (Å²) >= 11 is 0. The predicted molar refractivity (Wildman–Crippen MR) is 58.9 cm³/mol. The number of carbonyl (C=O) groups excluding carboxylic acids is 2. The third kappa shape index (κ3) is 6.32. The molecule has 0 saturated carbocycles. The summed E-state index contributed by atoms with van der Waals surface area (Å²) in [7, 11) is 0. The summed E-state index contributed by atoms with van der Waals surface area (Å²) in [6.07, 6.45) is -1.55. The van der Waals surface area contributed by atoms with Crippen LogP contribution >= 0.6 is 0 Å². The Morgan fingerprint density at radius 1 is 1.12 bits per heavy atom. The number of ketones is 1. The van der Waals surface area contributed by atoms with Crippen molar-refractivity contribution >= 4 is 11.7 Å². The van der Waals surface area contributed by atoms with Gasteiger partial charge in [-0.3, -0.25) is 15.3 Å². The van der Waals surface area contributed by atoms with Crippen molar-refractivity contribution in [2.24, 2.45) is 0 Å². The van der Waals surface area contributed by atoms with Gasteiger partial charge < -0.3 is 20.6 Å². The number of rotatable bonds is 9. The van der Waals surface area contributed by atoms with Crippen molar-refractivity contribution in [1.29, 1.82) is 0 Å². The van der Waals surface area contributed by atoms with Crippen LogP contribution in [0.15, 0.2) is 0 Å². The molecule has 0 aliphatic rings. The maximum absolute atomic E-state index is 11.2. The van der Waals surface area contributed by atoms with Crippen LogP contribution in [0, 0.1) is 0 Å². The highest BCUT2D eigenvalue weighted by atomic mass is 16.3. The van der Waals surface area contributed by atoms with Crippen molar-refractivity contribution in [3.8, 4) is 0 Å². The van der Waals surface area contributed by atoms with Gasteiger partial charge in [-0.15, -0.1) is 0 Å². The Hall–Kier alpha value is -1.02. The second-order valence-electron chi connectivity index (χ2n) is 3.62. The molecule has 0 fully saturated rings. The number of hydrogen-bond acceptors (Lipinski definition) is 5. The summed E-state index contributed by atoms with van der Waals surface area (Å²) in [6.45, 7) is -0.273. The highest BCUT2D eigenvalue weighted by molar-refractivity contribution is 5.92. The number of unbranched alkanes of at least 4 members (excludes halogenated alkanes) is 2.